The maximum Gasteiger partial charge on any atom is 0.303 e. The molecule has 2 aromatic carbocycles. The Morgan fingerprint density at radius 1 is 1.07 bits per heavy atom. The van der Waals surface area contributed by atoms with Crippen LogP contribution in [0.4, 0.5) is 0 Å². The molecule has 2 fully saturated rings. The van der Waals surface area contributed by atoms with Crippen molar-refractivity contribution in [3.05, 3.63) is 71.8 Å². The molecule has 0 bridgehead atoms. The molecule has 6 atom stereocenters. The molecular formula is C22H24O7. The fraction of sp³-hybridized carbons (Fsp3) is 0.409. The Bertz CT molecular complexity index is 797. The summed E-state index contributed by atoms with van der Waals surface area (Å²) >= 11 is 0. The predicted molar refractivity (Wildman–Crippen MR) is 101 cm³/mol. The highest BCUT2D eigenvalue weighted by molar-refractivity contribution is 5.66. The van der Waals surface area contributed by atoms with Gasteiger partial charge in [0, 0.05) is 12.5 Å². The zero-order valence-corrected chi connectivity index (χ0v) is 16.0. The number of benzene rings is 2. The Labute approximate surface area is 169 Å². The number of aliphatic hydroxyl groups is 1. The third kappa shape index (κ3) is 4.66. The van der Waals surface area contributed by atoms with Gasteiger partial charge in [-0.05, 0) is 5.56 Å². The fourth-order valence-electron chi connectivity index (χ4n) is 3.55. The molecule has 0 amide bonds. The highest BCUT2D eigenvalue weighted by Gasteiger charge is 2.51. The number of hydrogen-bond donors (Lipinski definition) is 1. The molecule has 4 rings (SSSR count). The van der Waals surface area contributed by atoms with Crippen LogP contribution in [0.25, 0.3) is 0 Å². The smallest absolute Gasteiger partial charge is 0.303 e. The van der Waals surface area contributed by atoms with Gasteiger partial charge < -0.3 is 28.8 Å². The van der Waals surface area contributed by atoms with Gasteiger partial charge in [0.2, 0.25) is 0 Å². The van der Waals surface area contributed by atoms with E-state index in [0.29, 0.717) is 0 Å². The molecule has 2 aliphatic rings. The quantitative estimate of drug-likeness (QED) is 0.772. The summed E-state index contributed by atoms with van der Waals surface area (Å²) in [5.41, 5.74) is 1.78. The van der Waals surface area contributed by atoms with Crippen LogP contribution in [-0.4, -0.2) is 48.4 Å². The number of hydrogen-bond acceptors (Lipinski definition) is 7. The first-order valence-electron chi connectivity index (χ1n) is 9.60. The van der Waals surface area contributed by atoms with Crippen molar-refractivity contribution < 1.29 is 33.6 Å². The van der Waals surface area contributed by atoms with Gasteiger partial charge in [-0.3, -0.25) is 4.79 Å². The zero-order chi connectivity index (χ0) is 20.2. The summed E-state index contributed by atoms with van der Waals surface area (Å²) in [5.74, 6) is -0.531. The summed E-state index contributed by atoms with van der Waals surface area (Å²) < 4.78 is 28.9. The number of esters is 1. The average molecular weight is 400 g/mol. The molecule has 2 heterocycles. The second-order valence-electron chi connectivity index (χ2n) is 7.08. The van der Waals surface area contributed by atoms with E-state index in [0.717, 1.165) is 11.1 Å². The number of carbonyl (C=O) groups is 1. The first-order chi connectivity index (χ1) is 14.1. The van der Waals surface area contributed by atoms with E-state index < -0.39 is 43.0 Å². The van der Waals surface area contributed by atoms with E-state index in [4.69, 9.17) is 23.7 Å². The molecule has 2 aromatic rings. The van der Waals surface area contributed by atoms with Crippen LogP contribution in [0.5, 0.6) is 0 Å². The molecule has 0 aliphatic carbocycles. The maximum absolute atomic E-state index is 11.6. The van der Waals surface area contributed by atoms with Crippen molar-refractivity contribution in [2.45, 2.75) is 50.5 Å². The molecule has 2 saturated heterocycles. The number of aliphatic hydroxyl groups excluding tert-OH is 1. The minimum absolute atomic E-state index is 0.222. The molecular weight excluding hydrogens is 376 g/mol. The van der Waals surface area contributed by atoms with Crippen LogP contribution in [-0.2, 0) is 35.1 Å². The lowest BCUT2D eigenvalue weighted by atomic mass is 9.97. The Balaban J connectivity index is 1.48. The molecule has 1 N–H and O–H groups in total. The summed E-state index contributed by atoms with van der Waals surface area (Å²) in [6, 6.07) is 19.0. The Morgan fingerprint density at radius 3 is 2.45 bits per heavy atom. The largest absolute Gasteiger partial charge is 0.454 e. The monoisotopic (exact) mass is 400 g/mol. The fourth-order valence-corrected chi connectivity index (χ4v) is 3.55. The van der Waals surface area contributed by atoms with Crippen LogP contribution in [0.15, 0.2) is 60.7 Å². The average Bonchev–Trinajstić information content (AvgIpc) is 2.75. The zero-order valence-electron chi connectivity index (χ0n) is 16.0. The Morgan fingerprint density at radius 2 is 1.76 bits per heavy atom. The molecule has 29 heavy (non-hydrogen) atoms. The summed E-state index contributed by atoms with van der Waals surface area (Å²) in [6.45, 7) is 1.76. The van der Waals surface area contributed by atoms with Crippen molar-refractivity contribution in [2.75, 3.05) is 6.61 Å². The molecule has 0 spiro atoms. The van der Waals surface area contributed by atoms with Crippen LogP contribution in [0.2, 0.25) is 0 Å². The summed E-state index contributed by atoms with van der Waals surface area (Å²) in [5, 5.41) is 10.9. The molecule has 7 heteroatoms. The highest BCUT2D eigenvalue weighted by Crippen LogP contribution is 2.35. The van der Waals surface area contributed by atoms with Gasteiger partial charge in [0.05, 0.1) is 13.2 Å². The first-order valence-corrected chi connectivity index (χ1v) is 9.60. The summed E-state index contributed by atoms with van der Waals surface area (Å²) in [7, 11) is 0. The third-order valence-corrected chi connectivity index (χ3v) is 4.94. The van der Waals surface area contributed by atoms with Crippen LogP contribution >= 0.6 is 0 Å². The van der Waals surface area contributed by atoms with Gasteiger partial charge in [0.15, 0.2) is 18.7 Å². The number of fused-ring (bicyclic) bond motifs is 1. The van der Waals surface area contributed by atoms with Crippen molar-refractivity contribution >= 4 is 5.97 Å². The van der Waals surface area contributed by atoms with Gasteiger partial charge in [-0.1, -0.05) is 60.7 Å². The van der Waals surface area contributed by atoms with Crippen LogP contribution in [0.1, 0.15) is 24.3 Å². The second kappa shape index (κ2) is 9.02. The molecule has 6 unspecified atom stereocenters. The van der Waals surface area contributed by atoms with Crippen LogP contribution in [0, 0.1) is 0 Å². The van der Waals surface area contributed by atoms with E-state index in [9.17, 15) is 9.90 Å². The molecule has 0 aromatic heterocycles. The number of ether oxygens (including phenoxy) is 5. The van der Waals surface area contributed by atoms with Gasteiger partial charge in [0.1, 0.15) is 18.3 Å². The van der Waals surface area contributed by atoms with Crippen molar-refractivity contribution in [2.24, 2.45) is 0 Å². The Hall–Kier alpha value is -2.29. The molecule has 2 aliphatic heterocycles. The topological polar surface area (TPSA) is 83.5 Å². The lowest BCUT2D eigenvalue weighted by Crippen LogP contribution is -2.63. The lowest BCUT2D eigenvalue weighted by Gasteiger charge is -2.47. The van der Waals surface area contributed by atoms with E-state index in [1.54, 1.807) is 0 Å². The van der Waals surface area contributed by atoms with Crippen molar-refractivity contribution in [3.63, 3.8) is 0 Å². The minimum Gasteiger partial charge on any atom is -0.454 e. The van der Waals surface area contributed by atoms with E-state index >= 15 is 0 Å². The van der Waals surface area contributed by atoms with Gasteiger partial charge in [-0.2, -0.15) is 0 Å². The standard InChI is InChI=1S/C22H24O7/c1-14(23)27-20-18(24)19-17(13-26-21(29-19)16-10-6-3-7-11-16)28-22(20)25-12-15-8-4-2-5-9-15/h2-11,17-22,24H,12-13H2,1H3. The normalized spacial score (nSPS) is 31.7. The third-order valence-electron chi connectivity index (χ3n) is 4.94. The van der Waals surface area contributed by atoms with E-state index in [1.807, 2.05) is 60.7 Å². The molecule has 0 radical (unpaired) electrons. The van der Waals surface area contributed by atoms with E-state index in [2.05, 4.69) is 0 Å². The lowest BCUT2D eigenvalue weighted by molar-refractivity contribution is -0.363. The van der Waals surface area contributed by atoms with Crippen molar-refractivity contribution in [3.8, 4) is 0 Å². The molecule has 0 saturated carbocycles. The van der Waals surface area contributed by atoms with E-state index in [-0.39, 0.29) is 13.2 Å². The van der Waals surface area contributed by atoms with Crippen molar-refractivity contribution in [1.82, 2.24) is 0 Å². The molecule has 154 valence electrons. The predicted octanol–water partition coefficient (Wildman–Crippen LogP) is 2.33. The summed E-state index contributed by atoms with van der Waals surface area (Å²) in [6.07, 6.45) is -4.95. The maximum atomic E-state index is 11.6. The highest BCUT2D eigenvalue weighted by atomic mass is 16.8. The van der Waals surface area contributed by atoms with Crippen LogP contribution < -0.4 is 0 Å². The van der Waals surface area contributed by atoms with Crippen molar-refractivity contribution in [1.29, 1.82) is 0 Å². The van der Waals surface area contributed by atoms with Crippen LogP contribution in [0.3, 0.4) is 0 Å². The second-order valence-corrected chi connectivity index (χ2v) is 7.08. The molecule has 7 nitrogen and oxygen atoms in total. The number of carbonyl (C=O) groups excluding carboxylic acids is 1. The van der Waals surface area contributed by atoms with Gasteiger partial charge in [0.25, 0.3) is 0 Å². The van der Waals surface area contributed by atoms with Gasteiger partial charge >= 0.3 is 5.97 Å². The SMILES string of the molecule is CC(=O)OC1C(OCc2ccccc2)OC2COC(c3ccccc3)OC2C1O. The Kier molecular flexibility index (Phi) is 6.22. The van der Waals surface area contributed by atoms with Gasteiger partial charge in [-0.25, -0.2) is 0 Å². The first kappa shape index (κ1) is 20.0. The summed E-state index contributed by atoms with van der Waals surface area (Å²) in [4.78, 5) is 11.6. The minimum atomic E-state index is -1.12. The van der Waals surface area contributed by atoms with Gasteiger partial charge in [-0.15, -0.1) is 0 Å². The van der Waals surface area contributed by atoms with E-state index in [1.165, 1.54) is 6.92 Å². The number of rotatable bonds is 5.